The van der Waals surface area contributed by atoms with Gasteiger partial charge in [0.25, 0.3) is 5.91 Å². The zero-order chi connectivity index (χ0) is 13.1. The minimum atomic E-state index is -0.00543. The maximum atomic E-state index is 12.1. The van der Waals surface area contributed by atoms with Crippen LogP contribution in [0, 0.1) is 0 Å². The van der Waals surface area contributed by atoms with E-state index in [0.717, 1.165) is 49.4 Å². The fraction of sp³-hybridized carbons (Fsp3) is 0.400. The molecule has 0 aromatic heterocycles. The normalized spacial score (nSPS) is 17.4. The SMILES string of the molecule is O=C(NCC1=CCNCC1)c1ccc2c(c1)CCO2. The van der Waals surface area contributed by atoms with Crippen molar-refractivity contribution in [2.45, 2.75) is 12.8 Å². The Morgan fingerprint density at radius 2 is 2.32 bits per heavy atom. The summed E-state index contributed by atoms with van der Waals surface area (Å²) in [6.45, 7) is 3.27. The Bertz CT molecular complexity index is 523. The lowest BCUT2D eigenvalue weighted by atomic mass is 10.1. The molecule has 100 valence electrons. The highest BCUT2D eigenvalue weighted by molar-refractivity contribution is 5.94. The predicted molar refractivity (Wildman–Crippen MR) is 73.5 cm³/mol. The van der Waals surface area contributed by atoms with Gasteiger partial charge in [-0.05, 0) is 36.7 Å². The van der Waals surface area contributed by atoms with Crippen LogP contribution in [0.2, 0.25) is 0 Å². The average molecular weight is 258 g/mol. The van der Waals surface area contributed by atoms with Gasteiger partial charge in [-0.2, -0.15) is 0 Å². The molecule has 0 radical (unpaired) electrons. The third-order valence-corrected chi connectivity index (χ3v) is 3.59. The summed E-state index contributed by atoms with van der Waals surface area (Å²) in [5, 5.41) is 6.24. The lowest BCUT2D eigenvalue weighted by Gasteiger charge is -2.14. The molecule has 3 rings (SSSR count). The molecule has 1 aromatic carbocycles. The second-order valence-corrected chi connectivity index (χ2v) is 4.92. The molecule has 1 aromatic rings. The van der Waals surface area contributed by atoms with Crippen molar-refractivity contribution in [2.24, 2.45) is 0 Å². The summed E-state index contributed by atoms with van der Waals surface area (Å²) in [6, 6.07) is 5.66. The second-order valence-electron chi connectivity index (χ2n) is 4.92. The van der Waals surface area contributed by atoms with Crippen molar-refractivity contribution < 1.29 is 9.53 Å². The smallest absolute Gasteiger partial charge is 0.251 e. The largest absolute Gasteiger partial charge is 0.493 e. The molecule has 19 heavy (non-hydrogen) atoms. The molecule has 0 fully saturated rings. The summed E-state index contributed by atoms with van der Waals surface area (Å²) in [5.41, 5.74) is 3.16. The molecule has 2 aliphatic rings. The van der Waals surface area contributed by atoms with Crippen molar-refractivity contribution in [2.75, 3.05) is 26.2 Å². The third-order valence-electron chi connectivity index (χ3n) is 3.59. The standard InChI is InChI=1S/C15H18N2O2/c18-15(17-10-11-3-6-16-7-4-11)13-1-2-14-12(9-13)5-8-19-14/h1-3,9,16H,4-8,10H2,(H,17,18). The van der Waals surface area contributed by atoms with Crippen LogP contribution in [-0.2, 0) is 6.42 Å². The van der Waals surface area contributed by atoms with Crippen molar-refractivity contribution in [3.05, 3.63) is 41.0 Å². The summed E-state index contributed by atoms with van der Waals surface area (Å²) in [7, 11) is 0. The summed E-state index contributed by atoms with van der Waals surface area (Å²) in [6.07, 6.45) is 4.06. The maximum Gasteiger partial charge on any atom is 0.251 e. The van der Waals surface area contributed by atoms with Crippen LogP contribution >= 0.6 is 0 Å². The molecule has 2 heterocycles. The number of hydrogen-bond donors (Lipinski definition) is 2. The molecule has 0 aliphatic carbocycles. The van der Waals surface area contributed by atoms with Crippen molar-refractivity contribution in [3.63, 3.8) is 0 Å². The number of ether oxygens (including phenoxy) is 1. The maximum absolute atomic E-state index is 12.1. The molecule has 0 unspecified atom stereocenters. The average Bonchev–Trinajstić information content (AvgIpc) is 2.93. The van der Waals surface area contributed by atoms with E-state index >= 15 is 0 Å². The third kappa shape index (κ3) is 2.79. The first-order chi connectivity index (χ1) is 9.33. The fourth-order valence-corrected chi connectivity index (χ4v) is 2.45. The number of fused-ring (bicyclic) bond motifs is 1. The van der Waals surface area contributed by atoms with Crippen molar-refractivity contribution >= 4 is 5.91 Å². The Morgan fingerprint density at radius 1 is 1.37 bits per heavy atom. The van der Waals surface area contributed by atoms with Crippen LogP contribution < -0.4 is 15.4 Å². The van der Waals surface area contributed by atoms with Crippen LogP contribution in [0.3, 0.4) is 0 Å². The quantitative estimate of drug-likeness (QED) is 0.803. The molecule has 0 atom stereocenters. The van der Waals surface area contributed by atoms with Gasteiger partial charge in [-0.15, -0.1) is 0 Å². The predicted octanol–water partition coefficient (Wildman–Crippen LogP) is 1.27. The Kier molecular flexibility index (Phi) is 3.51. The van der Waals surface area contributed by atoms with Crippen LogP contribution in [-0.4, -0.2) is 32.1 Å². The Balaban J connectivity index is 1.62. The molecular formula is C15H18N2O2. The minimum Gasteiger partial charge on any atom is -0.493 e. The fourth-order valence-electron chi connectivity index (χ4n) is 2.45. The van der Waals surface area contributed by atoms with E-state index in [0.29, 0.717) is 6.54 Å². The van der Waals surface area contributed by atoms with Gasteiger partial charge in [0.05, 0.1) is 6.61 Å². The van der Waals surface area contributed by atoms with Crippen LogP contribution in [0.25, 0.3) is 0 Å². The van der Waals surface area contributed by atoms with Crippen LogP contribution in [0.1, 0.15) is 22.3 Å². The van der Waals surface area contributed by atoms with Crippen LogP contribution in [0.5, 0.6) is 5.75 Å². The zero-order valence-electron chi connectivity index (χ0n) is 10.9. The van der Waals surface area contributed by atoms with Gasteiger partial charge in [0.1, 0.15) is 5.75 Å². The molecule has 0 spiro atoms. The highest BCUT2D eigenvalue weighted by Crippen LogP contribution is 2.25. The number of nitrogens with one attached hydrogen (secondary N) is 2. The van der Waals surface area contributed by atoms with Crippen molar-refractivity contribution in [1.29, 1.82) is 0 Å². The van der Waals surface area contributed by atoms with Gasteiger partial charge < -0.3 is 15.4 Å². The van der Waals surface area contributed by atoms with Gasteiger partial charge in [0, 0.05) is 25.1 Å². The van der Waals surface area contributed by atoms with Gasteiger partial charge in [-0.25, -0.2) is 0 Å². The summed E-state index contributed by atoms with van der Waals surface area (Å²) in [5.74, 6) is 0.909. The molecule has 4 heteroatoms. The van der Waals surface area contributed by atoms with E-state index in [1.54, 1.807) is 0 Å². The molecule has 0 bridgehead atoms. The molecule has 2 N–H and O–H groups in total. The Hall–Kier alpha value is -1.81. The first-order valence-corrected chi connectivity index (χ1v) is 6.75. The van der Waals surface area contributed by atoms with Gasteiger partial charge in [0.15, 0.2) is 0 Å². The zero-order valence-corrected chi connectivity index (χ0v) is 10.9. The van der Waals surface area contributed by atoms with E-state index in [-0.39, 0.29) is 5.91 Å². The summed E-state index contributed by atoms with van der Waals surface area (Å²) >= 11 is 0. The number of hydrogen-bond acceptors (Lipinski definition) is 3. The first-order valence-electron chi connectivity index (χ1n) is 6.75. The highest BCUT2D eigenvalue weighted by atomic mass is 16.5. The van der Waals surface area contributed by atoms with E-state index in [2.05, 4.69) is 16.7 Å². The van der Waals surface area contributed by atoms with E-state index in [1.165, 1.54) is 5.57 Å². The number of rotatable bonds is 3. The molecule has 4 nitrogen and oxygen atoms in total. The second kappa shape index (κ2) is 5.45. The Labute approximate surface area is 112 Å². The van der Waals surface area contributed by atoms with Gasteiger partial charge >= 0.3 is 0 Å². The molecule has 0 saturated heterocycles. The molecule has 1 amide bonds. The monoisotopic (exact) mass is 258 g/mol. The number of amides is 1. The van der Waals surface area contributed by atoms with Crippen molar-refractivity contribution in [1.82, 2.24) is 10.6 Å². The first kappa shape index (κ1) is 12.2. The van der Waals surface area contributed by atoms with E-state index in [9.17, 15) is 4.79 Å². The summed E-state index contributed by atoms with van der Waals surface area (Å²) < 4.78 is 5.44. The van der Waals surface area contributed by atoms with Crippen molar-refractivity contribution in [3.8, 4) is 5.75 Å². The summed E-state index contributed by atoms with van der Waals surface area (Å²) in [4.78, 5) is 12.1. The van der Waals surface area contributed by atoms with E-state index in [4.69, 9.17) is 4.74 Å². The lowest BCUT2D eigenvalue weighted by molar-refractivity contribution is 0.0956. The van der Waals surface area contributed by atoms with Crippen LogP contribution in [0.15, 0.2) is 29.8 Å². The molecule has 0 saturated carbocycles. The van der Waals surface area contributed by atoms with E-state index < -0.39 is 0 Å². The van der Waals surface area contributed by atoms with Gasteiger partial charge in [0.2, 0.25) is 0 Å². The topological polar surface area (TPSA) is 50.4 Å². The highest BCUT2D eigenvalue weighted by Gasteiger charge is 2.15. The minimum absolute atomic E-state index is 0.00543. The lowest BCUT2D eigenvalue weighted by Crippen LogP contribution is -2.29. The molecular weight excluding hydrogens is 240 g/mol. The van der Waals surface area contributed by atoms with Crippen LogP contribution in [0.4, 0.5) is 0 Å². The number of benzene rings is 1. The number of carbonyl (C=O) groups is 1. The van der Waals surface area contributed by atoms with Gasteiger partial charge in [-0.1, -0.05) is 11.6 Å². The Morgan fingerprint density at radius 3 is 3.16 bits per heavy atom. The number of carbonyl (C=O) groups excluding carboxylic acids is 1. The molecule has 2 aliphatic heterocycles. The van der Waals surface area contributed by atoms with Gasteiger partial charge in [-0.3, -0.25) is 4.79 Å². The van der Waals surface area contributed by atoms with E-state index in [1.807, 2.05) is 18.2 Å².